The Balaban J connectivity index is 1.42. The van der Waals surface area contributed by atoms with Crippen molar-refractivity contribution >= 4 is 26.7 Å². The molecule has 4 N–H and O–H groups in total. The molecule has 13 heteroatoms. The van der Waals surface area contributed by atoms with E-state index in [0.717, 1.165) is 12.1 Å². The number of benzene rings is 3. The summed E-state index contributed by atoms with van der Waals surface area (Å²) >= 11 is 0. The zero-order valence-electron chi connectivity index (χ0n) is 24.0. The van der Waals surface area contributed by atoms with Crippen LogP contribution in [0.3, 0.4) is 0 Å². The smallest absolute Gasteiger partial charge is 0.228 e. The van der Waals surface area contributed by atoms with Crippen molar-refractivity contribution in [3.8, 4) is 22.9 Å². The van der Waals surface area contributed by atoms with Gasteiger partial charge in [-0.2, -0.15) is 0 Å². The number of aromatic nitrogens is 3. The Hall–Kier alpha value is -4.59. The maximum atomic E-state index is 15.5. The van der Waals surface area contributed by atoms with E-state index in [1.807, 2.05) is 0 Å². The number of halogens is 3. The molecule has 0 saturated carbocycles. The van der Waals surface area contributed by atoms with E-state index in [4.69, 9.17) is 9.88 Å². The minimum atomic E-state index is -4.53. The van der Waals surface area contributed by atoms with Gasteiger partial charge in [-0.1, -0.05) is 30.3 Å². The zero-order valence-corrected chi connectivity index (χ0v) is 24.9. The number of ether oxygens (including phenoxy) is 1. The molecule has 0 bridgehead atoms. The molecule has 0 spiro atoms. The van der Waals surface area contributed by atoms with Crippen molar-refractivity contribution in [2.45, 2.75) is 30.8 Å². The number of hydrogen-bond donors (Lipinski definition) is 3. The van der Waals surface area contributed by atoms with E-state index in [2.05, 4.69) is 25.6 Å². The van der Waals surface area contributed by atoms with Crippen LogP contribution < -0.4 is 20.5 Å². The highest BCUT2D eigenvalue weighted by atomic mass is 32.2. The fraction of sp³-hybridized carbons (Fsp3) is 0.219. The number of aryl methyl sites for hydroxylation is 1. The minimum absolute atomic E-state index is 0.170. The maximum Gasteiger partial charge on any atom is 0.228 e. The summed E-state index contributed by atoms with van der Waals surface area (Å²) in [5.74, 6) is -0.940. The van der Waals surface area contributed by atoms with Gasteiger partial charge in [-0.05, 0) is 54.3 Å². The molecule has 9 nitrogen and oxygen atoms in total. The van der Waals surface area contributed by atoms with Crippen molar-refractivity contribution in [1.82, 2.24) is 20.3 Å². The molecular formula is C32H29F3N6O3S. The lowest BCUT2D eigenvalue weighted by Gasteiger charge is -2.26. The Morgan fingerprint density at radius 3 is 2.53 bits per heavy atom. The van der Waals surface area contributed by atoms with E-state index >= 15 is 4.39 Å². The van der Waals surface area contributed by atoms with Crippen molar-refractivity contribution in [3.63, 3.8) is 0 Å². The van der Waals surface area contributed by atoms with Crippen LogP contribution in [0.4, 0.5) is 19.1 Å². The first-order valence-electron chi connectivity index (χ1n) is 14.2. The Morgan fingerprint density at radius 1 is 0.956 bits per heavy atom. The fourth-order valence-corrected chi connectivity index (χ4v) is 6.71. The number of hydrogen-bond acceptors (Lipinski definition) is 8. The molecule has 232 valence electrons. The van der Waals surface area contributed by atoms with Gasteiger partial charge in [0.1, 0.15) is 28.8 Å². The normalized spacial score (nSPS) is 17.6. The van der Waals surface area contributed by atoms with Crippen molar-refractivity contribution < 1.29 is 26.3 Å². The molecule has 1 aliphatic rings. The Morgan fingerprint density at radius 2 is 1.76 bits per heavy atom. The molecule has 1 saturated heterocycles. The van der Waals surface area contributed by atoms with Crippen molar-refractivity contribution in [1.29, 1.82) is 0 Å². The first-order chi connectivity index (χ1) is 21.6. The van der Waals surface area contributed by atoms with Gasteiger partial charge in [-0.15, -0.1) is 0 Å². The number of primary sulfonamides is 1. The lowest BCUT2D eigenvalue weighted by molar-refractivity contribution is 0.254. The van der Waals surface area contributed by atoms with Crippen LogP contribution in [0.25, 0.3) is 22.0 Å². The highest BCUT2D eigenvalue weighted by molar-refractivity contribution is 7.89. The van der Waals surface area contributed by atoms with Gasteiger partial charge in [0, 0.05) is 54.5 Å². The Bertz CT molecular complexity index is 2000. The first-order valence-corrected chi connectivity index (χ1v) is 15.8. The summed E-state index contributed by atoms with van der Waals surface area (Å²) in [6, 6.07) is 16.0. The number of fused-ring (bicyclic) bond motifs is 1. The van der Waals surface area contributed by atoms with Crippen LogP contribution in [-0.2, 0) is 10.0 Å². The number of nitrogens with one attached hydrogen (secondary N) is 2. The van der Waals surface area contributed by atoms with E-state index in [0.29, 0.717) is 47.7 Å². The fourth-order valence-electron chi connectivity index (χ4n) is 5.59. The molecular weight excluding hydrogens is 605 g/mol. The highest BCUT2D eigenvalue weighted by Crippen LogP contribution is 2.42. The topological polar surface area (TPSA) is 132 Å². The second kappa shape index (κ2) is 12.4. The summed E-state index contributed by atoms with van der Waals surface area (Å²) in [5.41, 5.74) is 1.06. The molecule has 0 aliphatic carbocycles. The van der Waals surface area contributed by atoms with Gasteiger partial charge in [0.2, 0.25) is 21.9 Å². The van der Waals surface area contributed by atoms with Crippen LogP contribution in [-0.4, -0.2) is 48.7 Å². The third-order valence-electron chi connectivity index (χ3n) is 7.65. The first kappa shape index (κ1) is 30.4. The summed E-state index contributed by atoms with van der Waals surface area (Å²) in [6.45, 7) is 2.65. The van der Waals surface area contributed by atoms with Crippen LogP contribution in [0.15, 0.2) is 79.1 Å². The molecule has 5 aromatic rings. The summed E-state index contributed by atoms with van der Waals surface area (Å²) in [7, 11) is -4.53. The van der Waals surface area contributed by atoms with Crippen LogP contribution >= 0.6 is 0 Å². The van der Waals surface area contributed by atoms with Crippen molar-refractivity contribution in [3.05, 3.63) is 107 Å². The molecule has 1 aliphatic heterocycles. The molecule has 1 unspecified atom stereocenters. The van der Waals surface area contributed by atoms with Gasteiger partial charge < -0.3 is 15.4 Å². The average molecular weight is 635 g/mol. The molecule has 3 heterocycles. The van der Waals surface area contributed by atoms with Gasteiger partial charge in [0.15, 0.2) is 0 Å². The number of alkyl halides is 1. The third-order valence-corrected chi connectivity index (χ3v) is 8.79. The van der Waals surface area contributed by atoms with E-state index in [-0.39, 0.29) is 34.2 Å². The van der Waals surface area contributed by atoms with E-state index in [1.165, 1.54) is 30.5 Å². The van der Waals surface area contributed by atoms with Gasteiger partial charge in [0.05, 0.1) is 11.3 Å². The largest absolute Gasteiger partial charge is 0.437 e. The minimum Gasteiger partial charge on any atom is -0.437 e. The molecule has 0 amide bonds. The predicted octanol–water partition coefficient (Wildman–Crippen LogP) is 5.56. The second-order valence-electron chi connectivity index (χ2n) is 10.8. The zero-order chi connectivity index (χ0) is 31.7. The van der Waals surface area contributed by atoms with Crippen LogP contribution in [0, 0.1) is 18.6 Å². The lowest BCUT2D eigenvalue weighted by Crippen LogP contribution is -2.44. The van der Waals surface area contributed by atoms with E-state index in [9.17, 15) is 17.2 Å². The maximum absolute atomic E-state index is 15.5. The molecule has 0 radical (unpaired) electrons. The number of nitrogens with two attached hydrogens (primary N) is 1. The lowest BCUT2D eigenvalue weighted by atomic mass is 9.95. The number of piperidine rings is 1. The van der Waals surface area contributed by atoms with Gasteiger partial charge >= 0.3 is 0 Å². The van der Waals surface area contributed by atoms with Crippen LogP contribution in [0.5, 0.6) is 11.6 Å². The summed E-state index contributed by atoms with van der Waals surface area (Å²) in [5, 5.41) is 10.5. The highest BCUT2D eigenvalue weighted by Gasteiger charge is 2.33. The average Bonchev–Trinajstić information content (AvgIpc) is 3.00. The van der Waals surface area contributed by atoms with Crippen LogP contribution in [0.1, 0.15) is 28.4 Å². The predicted molar refractivity (Wildman–Crippen MR) is 165 cm³/mol. The van der Waals surface area contributed by atoms with Gasteiger partial charge in [-0.3, -0.25) is 0 Å². The molecule has 3 atom stereocenters. The van der Waals surface area contributed by atoms with Gasteiger partial charge in [-0.25, -0.2) is 41.7 Å². The SMILES string of the molecule is Cc1ccc2c(C(c3ccccc3F)S(N)(=O)=O)c(F)ccc2c1Oc1ncccc1-c1ccnc(N[C@@H]2CNC[C@@H](F)C2)n1. The standard InChI is InChI=1S/C32H29F3N6O3S/c1-18-8-9-21-22(10-11-26(35)28(21)30(45(36,42)43)23-5-2-3-7-25(23)34)29(18)44-31-24(6-4-13-38-31)27-12-14-39-32(41-27)40-20-15-19(33)16-37-17-20/h2-14,19-20,30,37H,15-17H2,1H3,(H2,36,42,43)(H,39,40,41)/t19-,20-,30?/m0/s1. The molecule has 6 rings (SSSR count). The summed E-state index contributed by atoms with van der Waals surface area (Å²) in [4.78, 5) is 13.3. The van der Waals surface area contributed by atoms with Crippen molar-refractivity contribution in [2.75, 3.05) is 18.4 Å². The second-order valence-corrected chi connectivity index (χ2v) is 12.5. The molecule has 3 aromatic carbocycles. The molecule has 2 aromatic heterocycles. The molecule has 1 fully saturated rings. The molecule has 45 heavy (non-hydrogen) atoms. The Labute approximate surface area is 257 Å². The number of rotatable bonds is 8. The quantitative estimate of drug-likeness (QED) is 0.202. The number of sulfonamides is 1. The Kier molecular flexibility index (Phi) is 8.40. The van der Waals surface area contributed by atoms with Crippen LogP contribution in [0.2, 0.25) is 0 Å². The van der Waals surface area contributed by atoms with E-state index < -0.39 is 33.1 Å². The summed E-state index contributed by atoms with van der Waals surface area (Å²) < 4.78 is 76.4. The monoisotopic (exact) mass is 634 g/mol. The summed E-state index contributed by atoms with van der Waals surface area (Å²) in [6.07, 6.45) is 2.46. The number of nitrogens with zero attached hydrogens (tertiary/aromatic N) is 3. The van der Waals surface area contributed by atoms with Gasteiger partial charge in [0.25, 0.3) is 0 Å². The van der Waals surface area contributed by atoms with Crippen molar-refractivity contribution in [2.24, 2.45) is 5.14 Å². The number of pyridine rings is 1. The number of anilines is 1. The van der Waals surface area contributed by atoms with E-state index in [1.54, 1.807) is 43.5 Å². The third kappa shape index (κ3) is 6.32.